The summed E-state index contributed by atoms with van der Waals surface area (Å²) < 4.78 is 5.12. The summed E-state index contributed by atoms with van der Waals surface area (Å²) in [6, 6.07) is 14.6. The van der Waals surface area contributed by atoms with Gasteiger partial charge in [0.15, 0.2) is 5.78 Å². The van der Waals surface area contributed by atoms with Crippen molar-refractivity contribution in [1.82, 2.24) is 9.80 Å². The molecule has 0 radical (unpaired) electrons. The molecular weight excluding hydrogens is 364 g/mol. The molecule has 154 valence electrons. The molecule has 29 heavy (non-hydrogen) atoms. The molecule has 2 aliphatic heterocycles. The first kappa shape index (κ1) is 19.9. The van der Waals surface area contributed by atoms with Gasteiger partial charge in [0, 0.05) is 37.2 Å². The Balaban J connectivity index is 1.41. The molecule has 2 fully saturated rings. The van der Waals surface area contributed by atoms with Crippen LogP contribution in [0, 0.1) is 5.92 Å². The number of amides is 1. The second-order valence-electron chi connectivity index (χ2n) is 8.14. The molecule has 0 unspecified atom stereocenters. The lowest BCUT2D eigenvalue weighted by Gasteiger charge is -2.41. The van der Waals surface area contributed by atoms with Crippen LogP contribution in [0.15, 0.2) is 42.5 Å². The van der Waals surface area contributed by atoms with Crippen molar-refractivity contribution in [2.45, 2.75) is 38.6 Å². The summed E-state index contributed by atoms with van der Waals surface area (Å²) in [5, 5.41) is 2.18. The number of benzene rings is 2. The third kappa shape index (κ3) is 4.30. The van der Waals surface area contributed by atoms with Crippen LogP contribution in [0.2, 0.25) is 0 Å². The Morgan fingerprint density at radius 3 is 2.55 bits per heavy atom. The molecule has 0 saturated carbocycles. The van der Waals surface area contributed by atoms with Gasteiger partial charge in [-0.15, -0.1) is 0 Å². The van der Waals surface area contributed by atoms with Gasteiger partial charge in [0.05, 0.1) is 6.61 Å². The van der Waals surface area contributed by atoms with Gasteiger partial charge in [-0.2, -0.15) is 0 Å². The summed E-state index contributed by atoms with van der Waals surface area (Å²) in [7, 11) is 0. The fourth-order valence-corrected chi connectivity index (χ4v) is 4.84. The Kier molecular flexibility index (Phi) is 6.14. The maximum Gasteiger partial charge on any atom is 0.409 e. The average Bonchev–Trinajstić information content (AvgIpc) is 2.78. The first-order chi connectivity index (χ1) is 14.2. The van der Waals surface area contributed by atoms with Crippen molar-refractivity contribution in [2.75, 3.05) is 32.8 Å². The number of ketones is 1. The maximum absolute atomic E-state index is 13.4. The van der Waals surface area contributed by atoms with Crippen LogP contribution >= 0.6 is 0 Å². The van der Waals surface area contributed by atoms with Gasteiger partial charge in [0.1, 0.15) is 0 Å². The largest absolute Gasteiger partial charge is 0.450 e. The van der Waals surface area contributed by atoms with E-state index in [0.717, 1.165) is 68.2 Å². The highest BCUT2D eigenvalue weighted by molar-refractivity contribution is 6.09. The minimum atomic E-state index is -0.200. The van der Waals surface area contributed by atoms with E-state index in [4.69, 9.17) is 4.74 Å². The van der Waals surface area contributed by atoms with Crippen LogP contribution in [0.3, 0.4) is 0 Å². The zero-order chi connectivity index (χ0) is 20.2. The highest BCUT2D eigenvalue weighted by atomic mass is 16.6. The molecule has 0 bridgehead atoms. The number of ether oxygens (including phenoxy) is 1. The standard InChI is InChI=1S/C24H30N2O3/c1-2-29-24(28)25-15-12-20(13-16-25)26-14-6-9-19(17-26)23(27)22-11-5-8-18-7-3-4-10-21(18)22/h3-5,7-8,10-11,19-20H,2,6,9,12-17H2,1H3/t19-/m0/s1. The molecule has 0 aromatic heterocycles. The van der Waals surface area contributed by atoms with Crippen LogP contribution in [0.1, 0.15) is 43.0 Å². The van der Waals surface area contributed by atoms with E-state index in [-0.39, 0.29) is 17.8 Å². The van der Waals surface area contributed by atoms with E-state index in [9.17, 15) is 9.59 Å². The fourth-order valence-electron chi connectivity index (χ4n) is 4.84. The van der Waals surface area contributed by atoms with Gasteiger partial charge in [-0.25, -0.2) is 4.79 Å². The van der Waals surface area contributed by atoms with E-state index in [1.54, 1.807) is 0 Å². The molecule has 2 aromatic rings. The summed E-state index contributed by atoms with van der Waals surface area (Å²) in [6.45, 7) is 5.60. The summed E-state index contributed by atoms with van der Waals surface area (Å²) >= 11 is 0. The van der Waals surface area contributed by atoms with Crippen molar-refractivity contribution < 1.29 is 14.3 Å². The lowest BCUT2D eigenvalue weighted by molar-refractivity contribution is 0.0533. The van der Waals surface area contributed by atoms with E-state index in [1.807, 2.05) is 42.2 Å². The number of nitrogens with zero attached hydrogens (tertiary/aromatic N) is 2. The Morgan fingerprint density at radius 2 is 1.76 bits per heavy atom. The smallest absolute Gasteiger partial charge is 0.409 e. The van der Waals surface area contributed by atoms with Crippen LogP contribution in [0.5, 0.6) is 0 Å². The van der Waals surface area contributed by atoms with Crippen molar-refractivity contribution in [3.8, 4) is 0 Å². The fraction of sp³-hybridized carbons (Fsp3) is 0.500. The molecule has 5 heteroatoms. The maximum atomic E-state index is 13.4. The molecule has 2 saturated heterocycles. The minimum Gasteiger partial charge on any atom is -0.450 e. The second-order valence-corrected chi connectivity index (χ2v) is 8.14. The molecule has 2 heterocycles. The molecule has 2 aliphatic rings. The van der Waals surface area contributed by atoms with E-state index in [0.29, 0.717) is 12.6 Å². The Hall–Kier alpha value is -2.40. The predicted molar refractivity (Wildman–Crippen MR) is 114 cm³/mol. The van der Waals surface area contributed by atoms with Gasteiger partial charge in [-0.1, -0.05) is 42.5 Å². The van der Waals surface area contributed by atoms with E-state index in [2.05, 4.69) is 17.0 Å². The number of hydrogen-bond donors (Lipinski definition) is 0. The highest BCUT2D eigenvalue weighted by Crippen LogP contribution is 2.28. The molecule has 0 aliphatic carbocycles. The number of carbonyl (C=O) groups excluding carboxylic acids is 2. The lowest BCUT2D eigenvalue weighted by atomic mass is 9.86. The number of fused-ring (bicyclic) bond motifs is 1. The molecule has 4 rings (SSSR count). The Labute approximate surface area is 172 Å². The first-order valence-corrected chi connectivity index (χ1v) is 10.8. The molecule has 1 amide bonds. The summed E-state index contributed by atoms with van der Waals surface area (Å²) in [5.41, 5.74) is 0.854. The SMILES string of the molecule is CCOC(=O)N1CCC(N2CCC[C@H](C(=O)c3cccc4ccccc34)C2)CC1. The minimum absolute atomic E-state index is 0.0534. The van der Waals surface area contributed by atoms with Gasteiger partial charge in [0.2, 0.25) is 0 Å². The first-order valence-electron chi connectivity index (χ1n) is 10.8. The average molecular weight is 395 g/mol. The van der Waals surface area contributed by atoms with E-state index in [1.165, 1.54) is 0 Å². The molecular formula is C24H30N2O3. The number of Topliss-reactive ketones (excluding diaryl/α,β-unsaturated/α-hetero) is 1. The Bertz CT molecular complexity index is 868. The molecule has 2 aromatic carbocycles. The van der Waals surface area contributed by atoms with Crippen molar-refractivity contribution in [1.29, 1.82) is 0 Å². The number of likely N-dealkylation sites (tertiary alicyclic amines) is 2. The predicted octanol–water partition coefficient (Wildman–Crippen LogP) is 4.36. The summed E-state index contributed by atoms with van der Waals surface area (Å²) in [4.78, 5) is 29.6. The number of carbonyl (C=O) groups is 2. The quantitative estimate of drug-likeness (QED) is 0.723. The lowest BCUT2D eigenvalue weighted by Crippen LogP contribution is -2.50. The van der Waals surface area contributed by atoms with Crippen LogP contribution < -0.4 is 0 Å². The topological polar surface area (TPSA) is 49.9 Å². The van der Waals surface area contributed by atoms with Crippen molar-refractivity contribution in [2.24, 2.45) is 5.92 Å². The number of piperidine rings is 2. The molecule has 1 atom stereocenters. The number of rotatable bonds is 4. The molecule has 0 spiro atoms. The van der Waals surface area contributed by atoms with Crippen molar-refractivity contribution in [3.05, 3.63) is 48.0 Å². The number of hydrogen-bond acceptors (Lipinski definition) is 4. The molecule has 0 N–H and O–H groups in total. The van der Waals surface area contributed by atoms with Crippen molar-refractivity contribution in [3.63, 3.8) is 0 Å². The summed E-state index contributed by atoms with van der Waals surface area (Å²) in [6.07, 6.45) is 3.72. The summed E-state index contributed by atoms with van der Waals surface area (Å²) in [5.74, 6) is 0.327. The van der Waals surface area contributed by atoms with Crippen LogP contribution in [-0.2, 0) is 4.74 Å². The second kappa shape index (κ2) is 8.95. The molecule has 5 nitrogen and oxygen atoms in total. The van der Waals surface area contributed by atoms with Crippen LogP contribution in [0.4, 0.5) is 4.79 Å². The third-order valence-electron chi connectivity index (χ3n) is 6.39. The monoisotopic (exact) mass is 394 g/mol. The third-order valence-corrected chi connectivity index (χ3v) is 6.39. The van der Waals surface area contributed by atoms with Gasteiger partial charge in [-0.05, 0) is 49.9 Å². The van der Waals surface area contributed by atoms with Gasteiger partial charge < -0.3 is 9.64 Å². The van der Waals surface area contributed by atoms with Gasteiger partial charge in [-0.3, -0.25) is 9.69 Å². The zero-order valence-corrected chi connectivity index (χ0v) is 17.2. The van der Waals surface area contributed by atoms with Crippen LogP contribution in [0.25, 0.3) is 10.8 Å². The van der Waals surface area contributed by atoms with Crippen LogP contribution in [-0.4, -0.2) is 60.5 Å². The van der Waals surface area contributed by atoms with Crippen molar-refractivity contribution >= 4 is 22.6 Å². The van der Waals surface area contributed by atoms with E-state index < -0.39 is 0 Å². The van der Waals surface area contributed by atoms with Gasteiger partial charge in [0.25, 0.3) is 0 Å². The van der Waals surface area contributed by atoms with Gasteiger partial charge >= 0.3 is 6.09 Å². The normalized spacial score (nSPS) is 21.3. The zero-order valence-electron chi connectivity index (χ0n) is 17.2. The Morgan fingerprint density at radius 1 is 1.00 bits per heavy atom. The van der Waals surface area contributed by atoms with E-state index >= 15 is 0 Å². The highest BCUT2D eigenvalue weighted by Gasteiger charge is 2.33.